The van der Waals surface area contributed by atoms with Crippen molar-refractivity contribution in [1.29, 1.82) is 0 Å². The molecule has 8 heteroatoms. The fraction of sp³-hybridized carbons (Fsp3) is 0. The van der Waals surface area contributed by atoms with Crippen molar-refractivity contribution < 1.29 is 22.7 Å². The number of benzene rings is 2. The molecule has 0 aliphatic rings. The fourth-order valence-corrected chi connectivity index (χ4v) is 3.25. The maximum Gasteiger partial charge on any atom is 0.335 e. The summed E-state index contributed by atoms with van der Waals surface area (Å²) in [5.74, 6) is -2.47. The maximum atomic E-state index is 13.8. The largest absolute Gasteiger partial charge is 0.478 e. The van der Waals surface area contributed by atoms with Gasteiger partial charge >= 0.3 is 5.97 Å². The first-order valence-corrected chi connectivity index (χ1v) is 7.89. The van der Waals surface area contributed by atoms with Crippen molar-refractivity contribution >= 4 is 37.6 Å². The highest BCUT2D eigenvalue weighted by molar-refractivity contribution is 9.10. The molecule has 5 nitrogen and oxygen atoms in total. The van der Waals surface area contributed by atoms with Gasteiger partial charge in [-0.1, -0.05) is 12.1 Å². The molecule has 110 valence electrons. The summed E-state index contributed by atoms with van der Waals surface area (Å²) in [4.78, 5) is 10.1. The zero-order valence-corrected chi connectivity index (χ0v) is 12.8. The quantitative estimate of drug-likeness (QED) is 0.862. The van der Waals surface area contributed by atoms with Crippen LogP contribution >= 0.6 is 15.9 Å². The van der Waals surface area contributed by atoms with Crippen LogP contribution in [0.3, 0.4) is 0 Å². The fourth-order valence-electron chi connectivity index (χ4n) is 1.60. The number of para-hydroxylation sites is 1. The van der Waals surface area contributed by atoms with Gasteiger partial charge in [-0.3, -0.25) is 4.72 Å². The molecule has 0 unspecified atom stereocenters. The van der Waals surface area contributed by atoms with Crippen LogP contribution in [-0.4, -0.2) is 19.5 Å². The number of carboxylic acids is 1. The molecule has 0 radical (unpaired) electrons. The van der Waals surface area contributed by atoms with Crippen molar-refractivity contribution in [3.63, 3.8) is 0 Å². The Balaban J connectivity index is 2.41. The molecule has 2 N–H and O–H groups in total. The Morgan fingerprint density at radius 3 is 2.43 bits per heavy atom. The SMILES string of the molecule is O=C(O)c1ccc(S(=O)(=O)Nc2ccccc2Br)c(F)c1. The van der Waals surface area contributed by atoms with Gasteiger partial charge in [0.1, 0.15) is 10.7 Å². The van der Waals surface area contributed by atoms with Gasteiger partial charge in [0, 0.05) is 4.47 Å². The van der Waals surface area contributed by atoms with Crippen LogP contribution in [0.4, 0.5) is 10.1 Å². The molecule has 0 spiro atoms. The van der Waals surface area contributed by atoms with Crippen LogP contribution in [0, 0.1) is 5.82 Å². The van der Waals surface area contributed by atoms with E-state index in [0.29, 0.717) is 10.5 Å². The van der Waals surface area contributed by atoms with Crippen molar-refractivity contribution in [3.8, 4) is 0 Å². The molecule has 0 bridgehead atoms. The highest BCUT2D eigenvalue weighted by atomic mass is 79.9. The van der Waals surface area contributed by atoms with E-state index in [1.54, 1.807) is 18.2 Å². The Morgan fingerprint density at radius 2 is 1.86 bits per heavy atom. The monoisotopic (exact) mass is 373 g/mol. The summed E-state index contributed by atoms with van der Waals surface area (Å²) in [6.45, 7) is 0. The summed E-state index contributed by atoms with van der Waals surface area (Å²) < 4.78 is 40.8. The highest BCUT2D eigenvalue weighted by Gasteiger charge is 2.21. The van der Waals surface area contributed by atoms with Gasteiger partial charge in [-0.15, -0.1) is 0 Å². The summed E-state index contributed by atoms with van der Waals surface area (Å²) in [5, 5.41) is 8.74. The van der Waals surface area contributed by atoms with Gasteiger partial charge in [-0.05, 0) is 46.3 Å². The Labute approximate surface area is 128 Å². The average molecular weight is 374 g/mol. The number of rotatable bonds is 4. The van der Waals surface area contributed by atoms with Gasteiger partial charge in [0.25, 0.3) is 10.0 Å². The van der Waals surface area contributed by atoms with E-state index in [0.717, 1.165) is 12.1 Å². The number of carboxylic acid groups (broad SMARTS) is 1. The molecule has 0 atom stereocenters. The smallest absolute Gasteiger partial charge is 0.335 e. The minimum absolute atomic E-state index is 0.249. The molecular formula is C13H9BrFNO4S. The predicted molar refractivity (Wildman–Crippen MR) is 78.3 cm³/mol. The van der Waals surface area contributed by atoms with Crippen molar-refractivity contribution in [2.24, 2.45) is 0 Å². The Morgan fingerprint density at radius 1 is 1.19 bits per heavy atom. The maximum absolute atomic E-state index is 13.8. The van der Waals surface area contributed by atoms with E-state index in [-0.39, 0.29) is 11.3 Å². The van der Waals surface area contributed by atoms with Gasteiger partial charge in [-0.2, -0.15) is 0 Å². The number of hydrogen-bond donors (Lipinski definition) is 2. The Bertz CT molecular complexity index is 808. The van der Waals surface area contributed by atoms with Gasteiger partial charge in [0.2, 0.25) is 0 Å². The second kappa shape index (κ2) is 5.82. The van der Waals surface area contributed by atoms with E-state index >= 15 is 0 Å². The van der Waals surface area contributed by atoms with Crippen molar-refractivity contribution in [1.82, 2.24) is 0 Å². The summed E-state index contributed by atoms with van der Waals surface area (Å²) >= 11 is 3.17. The number of anilines is 1. The minimum Gasteiger partial charge on any atom is -0.478 e. The summed E-state index contributed by atoms with van der Waals surface area (Å²) in [6.07, 6.45) is 0. The molecular weight excluding hydrogens is 365 g/mol. The lowest BCUT2D eigenvalue weighted by atomic mass is 10.2. The third-order valence-corrected chi connectivity index (χ3v) is 4.68. The van der Waals surface area contributed by atoms with Crippen LogP contribution in [0.1, 0.15) is 10.4 Å². The lowest BCUT2D eigenvalue weighted by Gasteiger charge is -2.10. The number of hydrogen-bond acceptors (Lipinski definition) is 3. The minimum atomic E-state index is -4.16. The first kappa shape index (κ1) is 15.5. The van der Waals surface area contributed by atoms with Gasteiger partial charge in [0.05, 0.1) is 11.3 Å². The normalized spacial score (nSPS) is 11.1. The van der Waals surface area contributed by atoms with Crippen molar-refractivity contribution in [2.45, 2.75) is 4.90 Å². The molecule has 0 saturated heterocycles. The molecule has 0 amide bonds. The molecule has 0 heterocycles. The second-order valence-corrected chi connectivity index (χ2v) is 6.54. The lowest BCUT2D eigenvalue weighted by molar-refractivity contribution is 0.0696. The first-order chi connectivity index (χ1) is 9.81. The number of carbonyl (C=O) groups is 1. The third-order valence-electron chi connectivity index (χ3n) is 2.59. The van der Waals surface area contributed by atoms with Crippen molar-refractivity contribution in [2.75, 3.05) is 4.72 Å². The Hall–Kier alpha value is -1.93. The van der Waals surface area contributed by atoms with Gasteiger partial charge in [0.15, 0.2) is 0 Å². The standard InChI is InChI=1S/C13H9BrFNO4S/c14-9-3-1-2-4-11(9)16-21(19,20)12-6-5-8(13(17)18)7-10(12)15/h1-7,16H,(H,17,18). The molecule has 0 aliphatic heterocycles. The number of halogens is 2. The van der Waals surface area contributed by atoms with Gasteiger partial charge in [-0.25, -0.2) is 17.6 Å². The molecule has 0 fully saturated rings. The topological polar surface area (TPSA) is 83.5 Å². The molecule has 2 aromatic carbocycles. The summed E-state index contributed by atoms with van der Waals surface area (Å²) in [7, 11) is -4.16. The van der Waals surface area contributed by atoms with Crippen LogP contribution < -0.4 is 4.72 Å². The zero-order valence-electron chi connectivity index (χ0n) is 10.4. The number of aromatic carboxylic acids is 1. The van der Waals surface area contributed by atoms with Crippen molar-refractivity contribution in [3.05, 3.63) is 58.3 Å². The van der Waals surface area contributed by atoms with E-state index in [4.69, 9.17) is 5.11 Å². The molecule has 0 aliphatic carbocycles. The van der Waals surface area contributed by atoms with E-state index in [2.05, 4.69) is 20.7 Å². The summed E-state index contributed by atoms with van der Waals surface area (Å²) in [5.41, 5.74) is -0.0773. The van der Waals surface area contributed by atoms with E-state index in [9.17, 15) is 17.6 Å². The first-order valence-electron chi connectivity index (χ1n) is 5.61. The molecule has 2 aromatic rings. The third kappa shape index (κ3) is 3.40. The zero-order chi connectivity index (χ0) is 15.6. The molecule has 21 heavy (non-hydrogen) atoms. The lowest BCUT2D eigenvalue weighted by Crippen LogP contribution is -2.15. The van der Waals surface area contributed by atoms with E-state index < -0.39 is 26.7 Å². The highest BCUT2D eigenvalue weighted by Crippen LogP contribution is 2.25. The molecule has 0 aromatic heterocycles. The Kier molecular flexibility index (Phi) is 4.29. The van der Waals surface area contributed by atoms with E-state index in [1.807, 2.05) is 0 Å². The van der Waals surface area contributed by atoms with Crippen LogP contribution in [0.5, 0.6) is 0 Å². The van der Waals surface area contributed by atoms with Crippen LogP contribution in [-0.2, 0) is 10.0 Å². The average Bonchev–Trinajstić information content (AvgIpc) is 2.40. The number of nitrogens with one attached hydrogen (secondary N) is 1. The van der Waals surface area contributed by atoms with Crippen LogP contribution in [0.15, 0.2) is 51.8 Å². The predicted octanol–water partition coefficient (Wildman–Crippen LogP) is 3.09. The number of sulfonamides is 1. The van der Waals surface area contributed by atoms with Gasteiger partial charge < -0.3 is 5.11 Å². The summed E-state index contributed by atoms with van der Waals surface area (Å²) in [6, 6.07) is 9.05. The molecule has 2 rings (SSSR count). The van der Waals surface area contributed by atoms with Crippen LogP contribution in [0.25, 0.3) is 0 Å². The second-order valence-electron chi connectivity index (χ2n) is 4.04. The molecule has 0 saturated carbocycles. The van der Waals surface area contributed by atoms with E-state index in [1.165, 1.54) is 6.07 Å². The van der Waals surface area contributed by atoms with Crippen LogP contribution in [0.2, 0.25) is 0 Å².